The van der Waals surface area contributed by atoms with Crippen molar-refractivity contribution in [3.8, 4) is 0 Å². The fourth-order valence-electron chi connectivity index (χ4n) is 5.61. The topological polar surface area (TPSA) is 58.0 Å². The highest BCUT2D eigenvalue weighted by Gasteiger charge is 2.58. The fourth-order valence-corrected chi connectivity index (χ4v) is 5.61. The highest BCUT2D eigenvalue weighted by atomic mass is 16.5. The van der Waals surface area contributed by atoms with Crippen LogP contribution in [0.2, 0.25) is 0 Å². The van der Waals surface area contributed by atoms with Crippen molar-refractivity contribution in [3.63, 3.8) is 0 Å². The summed E-state index contributed by atoms with van der Waals surface area (Å²) in [5.41, 5.74) is 1.53. The normalized spacial score (nSPS) is 24.5. The molecule has 1 aromatic heterocycles. The molecule has 7 heteroatoms. The van der Waals surface area contributed by atoms with E-state index >= 15 is 0 Å². The Morgan fingerprint density at radius 1 is 1.21 bits per heavy atom. The Morgan fingerprint density at radius 3 is 2.72 bits per heavy atom. The molecule has 3 aliphatic heterocycles. The van der Waals surface area contributed by atoms with Crippen molar-refractivity contribution in [1.82, 2.24) is 19.3 Å². The standard InChI is InChI=1S/C22H28N4O3/c1-3-25-21(28)19-15-24(10-11-26(19)22(25)8-12-29-13-9-22)20(27)17-14-23(2)18-7-5-4-6-16(17)18/h4-7,14,19H,3,8-13,15H2,1-2H3/t19-/m1/s1. The summed E-state index contributed by atoms with van der Waals surface area (Å²) in [4.78, 5) is 32.9. The molecule has 0 saturated carbocycles. The van der Waals surface area contributed by atoms with E-state index in [1.807, 2.05) is 58.8 Å². The smallest absolute Gasteiger partial charge is 0.256 e. The Kier molecular flexibility index (Phi) is 4.40. The number of likely N-dealkylation sites (N-methyl/N-ethyl adjacent to an activating group) is 1. The maximum Gasteiger partial charge on any atom is 0.256 e. The molecule has 7 nitrogen and oxygen atoms in total. The molecule has 1 atom stereocenters. The van der Waals surface area contributed by atoms with Crippen LogP contribution < -0.4 is 0 Å². The zero-order valence-electron chi connectivity index (χ0n) is 17.1. The molecular weight excluding hydrogens is 368 g/mol. The van der Waals surface area contributed by atoms with E-state index < -0.39 is 0 Å². The van der Waals surface area contributed by atoms with Crippen molar-refractivity contribution < 1.29 is 14.3 Å². The van der Waals surface area contributed by atoms with Gasteiger partial charge >= 0.3 is 0 Å². The highest BCUT2D eigenvalue weighted by Crippen LogP contribution is 2.41. The number of fused-ring (bicyclic) bond motifs is 3. The Hall–Kier alpha value is -2.38. The molecule has 3 aliphatic rings. The number of ether oxygens (including phenoxy) is 1. The first-order chi connectivity index (χ1) is 14.1. The minimum atomic E-state index is -0.249. The van der Waals surface area contributed by atoms with E-state index in [4.69, 9.17) is 4.74 Å². The summed E-state index contributed by atoms with van der Waals surface area (Å²) < 4.78 is 7.59. The summed E-state index contributed by atoms with van der Waals surface area (Å²) >= 11 is 0. The molecule has 154 valence electrons. The fraction of sp³-hybridized carbons (Fsp3) is 0.545. The van der Waals surface area contributed by atoms with Crippen LogP contribution in [0.25, 0.3) is 10.9 Å². The number of piperazine rings is 1. The van der Waals surface area contributed by atoms with Crippen molar-refractivity contribution in [3.05, 3.63) is 36.0 Å². The molecule has 1 spiro atoms. The number of aromatic nitrogens is 1. The van der Waals surface area contributed by atoms with Gasteiger partial charge in [-0.05, 0) is 13.0 Å². The number of aryl methyl sites for hydroxylation is 1. The number of hydrogen-bond acceptors (Lipinski definition) is 4. The molecule has 29 heavy (non-hydrogen) atoms. The van der Waals surface area contributed by atoms with E-state index in [0.29, 0.717) is 32.8 Å². The van der Waals surface area contributed by atoms with Crippen LogP contribution in [-0.2, 0) is 16.6 Å². The Labute approximate surface area is 170 Å². The first-order valence-electron chi connectivity index (χ1n) is 10.6. The molecule has 5 rings (SSSR count). The molecule has 0 bridgehead atoms. The number of benzene rings is 1. The largest absolute Gasteiger partial charge is 0.381 e. The number of para-hydroxylation sites is 1. The van der Waals surface area contributed by atoms with Gasteiger partial charge in [0.25, 0.3) is 5.91 Å². The Bertz CT molecular complexity index is 962. The van der Waals surface area contributed by atoms with Crippen LogP contribution in [0, 0.1) is 0 Å². The van der Waals surface area contributed by atoms with Gasteiger partial charge in [-0.25, -0.2) is 0 Å². The van der Waals surface area contributed by atoms with Gasteiger partial charge in [0.1, 0.15) is 11.7 Å². The second-order valence-corrected chi connectivity index (χ2v) is 8.31. The van der Waals surface area contributed by atoms with Crippen LogP contribution in [0.1, 0.15) is 30.1 Å². The quantitative estimate of drug-likeness (QED) is 0.775. The van der Waals surface area contributed by atoms with Crippen molar-refractivity contribution >= 4 is 22.7 Å². The van der Waals surface area contributed by atoms with Crippen LogP contribution >= 0.6 is 0 Å². The number of amides is 2. The van der Waals surface area contributed by atoms with Crippen LogP contribution in [0.4, 0.5) is 0 Å². The van der Waals surface area contributed by atoms with Gasteiger partial charge in [-0.15, -0.1) is 0 Å². The van der Waals surface area contributed by atoms with Crippen molar-refractivity contribution in [2.45, 2.75) is 31.5 Å². The molecule has 1 aromatic carbocycles. The molecule has 2 amide bonds. The minimum absolute atomic E-state index is 0.0187. The predicted octanol–water partition coefficient (Wildman–Crippen LogP) is 1.67. The van der Waals surface area contributed by atoms with E-state index in [1.54, 1.807) is 0 Å². The molecule has 3 fully saturated rings. The van der Waals surface area contributed by atoms with Gasteiger partial charge in [-0.2, -0.15) is 0 Å². The zero-order valence-corrected chi connectivity index (χ0v) is 17.1. The average Bonchev–Trinajstić information content (AvgIpc) is 3.20. The lowest BCUT2D eigenvalue weighted by molar-refractivity contribution is -0.135. The third-order valence-electron chi connectivity index (χ3n) is 6.99. The molecule has 4 heterocycles. The van der Waals surface area contributed by atoms with Crippen molar-refractivity contribution in [2.24, 2.45) is 7.05 Å². The van der Waals surface area contributed by atoms with Gasteiger partial charge in [0.15, 0.2) is 0 Å². The van der Waals surface area contributed by atoms with Crippen LogP contribution in [0.3, 0.4) is 0 Å². The Morgan fingerprint density at radius 2 is 1.97 bits per heavy atom. The van der Waals surface area contributed by atoms with Gasteiger partial charge in [0.05, 0.1) is 18.8 Å². The lowest BCUT2D eigenvalue weighted by atomic mass is 9.96. The lowest BCUT2D eigenvalue weighted by Crippen LogP contribution is -2.62. The number of hydrogen-bond donors (Lipinski definition) is 0. The number of carbonyl (C=O) groups excluding carboxylic acids is 2. The Balaban J connectivity index is 1.43. The first kappa shape index (κ1) is 18.6. The van der Waals surface area contributed by atoms with Gasteiger partial charge in [-0.3, -0.25) is 14.5 Å². The zero-order chi connectivity index (χ0) is 20.2. The molecule has 2 aromatic rings. The van der Waals surface area contributed by atoms with Crippen molar-refractivity contribution in [1.29, 1.82) is 0 Å². The number of carbonyl (C=O) groups is 2. The highest BCUT2D eigenvalue weighted by molar-refractivity contribution is 6.07. The second-order valence-electron chi connectivity index (χ2n) is 8.31. The molecule has 0 unspecified atom stereocenters. The van der Waals surface area contributed by atoms with E-state index in [-0.39, 0.29) is 23.5 Å². The summed E-state index contributed by atoms with van der Waals surface area (Å²) in [7, 11) is 1.96. The SMILES string of the molecule is CCN1C(=O)[C@H]2CN(C(=O)c3cn(C)c4ccccc34)CCN2C12CCOCC2. The van der Waals surface area contributed by atoms with E-state index in [0.717, 1.165) is 35.9 Å². The second kappa shape index (κ2) is 6.85. The summed E-state index contributed by atoms with van der Waals surface area (Å²) in [6.45, 7) is 5.95. The minimum Gasteiger partial charge on any atom is -0.381 e. The van der Waals surface area contributed by atoms with E-state index in [9.17, 15) is 9.59 Å². The predicted molar refractivity (Wildman–Crippen MR) is 109 cm³/mol. The molecule has 0 N–H and O–H groups in total. The third kappa shape index (κ3) is 2.64. The lowest BCUT2D eigenvalue weighted by Gasteiger charge is -2.48. The molecule has 0 aliphatic carbocycles. The van der Waals surface area contributed by atoms with E-state index in [1.165, 1.54) is 0 Å². The summed E-state index contributed by atoms with van der Waals surface area (Å²) in [5.74, 6) is 0.176. The van der Waals surface area contributed by atoms with Crippen LogP contribution in [-0.4, -0.2) is 82.2 Å². The monoisotopic (exact) mass is 396 g/mol. The van der Waals surface area contributed by atoms with Gasteiger partial charge in [0, 0.05) is 63.2 Å². The maximum atomic E-state index is 13.4. The summed E-state index contributed by atoms with van der Waals surface area (Å²) in [6.07, 6.45) is 3.61. The first-order valence-corrected chi connectivity index (χ1v) is 10.6. The number of nitrogens with zero attached hydrogens (tertiary/aromatic N) is 4. The van der Waals surface area contributed by atoms with Gasteiger partial charge in [-0.1, -0.05) is 18.2 Å². The average molecular weight is 396 g/mol. The third-order valence-corrected chi connectivity index (χ3v) is 6.99. The number of rotatable bonds is 2. The summed E-state index contributed by atoms with van der Waals surface area (Å²) in [6, 6.07) is 7.72. The molecule has 3 saturated heterocycles. The van der Waals surface area contributed by atoms with Crippen LogP contribution in [0.15, 0.2) is 30.5 Å². The van der Waals surface area contributed by atoms with Crippen LogP contribution in [0.5, 0.6) is 0 Å². The molecule has 0 radical (unpaired) electrons. The van der Waals surface area contributed by atoms with Gasteiger partial charge < -0.3 is 19.1 Å². The van der Waals surface area contributed by atoms with E-state index in [2.05, 4.69) is 4.90 Å². The maximum absolute atomic E-state index is 13.4. The van der Waals surface area contributed by atoms with Gasteiger partial charge in [0.2, 0.25) is 5.91 Å². The van der Waals surface area contributed by atoms with Crippen molar-refractivity contribution in [2.75, 3.05) is 39.4 Å². The summed E-state index contributed by atoms with van der Waals surface area (Å²) in [5, 5.41) is 0.969. The molecular formula is C22H28N4O3.